The van der Waals surface area contributed by atoms with Gasteiger partial charge in [-0.25, -0.2) is 0 Å². The van der Waals surface area contributed by atoms with E-state index >= 15 is 0 Å². The molecule has 0 fully saturated rings. The van der Waals surface area contributed by atoms with Gasteiger partial charge in [0.25, 0.3) is 0 Å². The molecule has 1 heterocycles. The summed E-state index contributed by atoms with van der Waals surface area (Å²) < 4.78 is -1.11. The van der Waals surface area contributed by atoms with E-state index in [1.54, 1.807) is 6.92 Å². The normalized spacial score (nSPS) is 23.2. The topological polar surface area (TPSA) is 58.2 Å². The molecule has 1 aromatic carbocycles. The Balaban J connectivity index is 2.25. The number of carbonyl (C=O) groups is 2. The van der Waals surface area contributed by atoms with E-state index < -0.39 is 4.75 Å². The van der Waals surface area contributed by atoms with Crippen LogP contribution in [0.3, 0.4) is 0 Å². The second kappa shape index (κ2) is 5.25. The molecule has 2 atom stereocenters. The monoisotopic (exact) mass is 278 g/mol. The van der Waals surface area contributed by atoms with Gasteiger partial charge in [-0.2, -0.15) is 0 Å². The molecule has 102 valence electrons. The molecule has 4 nitrogen and oxygen atoms in total. The fourth-order valence-electron chi connectivity index (χ4n) is 1.78. The maximum atomic E-state index is 12.3. The Hall–Kier alpha value is -1.49. The third kappa shape index (κ3) is 2.61. The van der Waals surface area contributed by atoms with Gasteiger partial charge in [0.15, 0.2) is 4.75 Å². The predicted octanol–water partition coefficient (Wildman–Crippen LogP) is 2.40. The molecule has 0 aliphatic carbocycles. The summed E-state index contributed by atoms with van der Waals surface area (Å²) in [5.41, 5.74) is 0.770. The first-order valence-corrected chi connectivity index (χ1v) is 7.19. The number of rotatable bonds is 3. The molecule has 0 saturated heterocycles. The molecule has 0 bridgehead atoms. The maximum Gasteiger partial charge on any atom is 0.250 e. The smallest absolute Gasteiger partial charge is 0.250 e. The van der Waals surface area contributed by atoms with Crippen molar-refractivity contribution in [2.24, 2.45) is 0 Å². The zero-order valence-electron chi connectivity index (χ0n) is 11.3. The number of thioether (sulfide) groups is 1. The maximum absolute atomic E-state index is 12.3. The molecule has 0 saturated carbocycles. The quantitative estimate of drug-likeness (QED) is 0.835. The minimum Gasteiger partial charge on any atom is -0.352 e. The fourth-order valence-corrected chi connectivity index (χ4v) is 2.89. The van der Waals surface area contributed by atoms with Gasteiger partial charge >= 0.3 is 0 Å². The largest absolute Gasteiger partial charge is 0.352 e. The van der Waals surface area contributed by atoms with Gasteiger partial charge in [-0.15, -0.1) is 0 Å². The number of nitrogens with one attached hydrogen (secondary N) is 2. The van der Waals surface area contributed by atoms with Crippen LogP contribution in [0.5, 0.6) is 0 Å². The summed E-state index contributed by atoms with van der Waals surface area (Å²) in [7, 11) is 0. The minimum absolute atomic E-state index is 0.0647. The van der Waals surface area contributed by atoms with Gasteiger partial charge in [-0.05, 0) is 32.4 Å². The van der Waals surface area contributed by atoms with E-state index in [1.165, 1.54) is 11.8 Å². The van der Waals surface area contributed by atoms with Crippen molar-refractivity contribution in [3.05, 3.63) is 24.3 Å². The van der Waals surface area contributed by atoms with Crippen LogP contribution < -0.4 is 10.6 Å². The van der Waals surface area contributed by atoms with E-state index in [-0.39, 0.29) is 17.9 Å². The van der Waals surface area contributed by atoms with Crippen LogP contribution in [0.2, 0.25) is 0 Å². The fraction of sp³-hybridized carbons (Fsp3) is 0.429. The summed E-state index contributed by atoms with van der Waals surface area (Å²) in [6, 6.07) is 7.58. The van der Waals surface area contributed by atoms with Crippen molar-refractivity contribution in [1.29, 1.82) is 0 Å². The van der Waals surface area contributed by atoms with Crippen molar-refractivity contribution < 1.29 is 9.59 Å². The highest BCUT2D eigenvalue weighted by Gasteiger charge is 2.45. The van der Waals surface area contributed by atoms with Gasteiger partial charge in [0.05, 0.1) is 5.69 Å². The lowest BCUT2D eigenvalue weighted by atomic mass is 10.1. The van der Waals surface area contributed by atoms with E-state index in [4.69, 9.17) is 0 Å². The van der Waals surface area contributed by atoms with Crippen LogP contribution in [0.4, 0.5) is 5.69 Å². The summed E-state index contributed by atoms with van der Waals surface area (Å²) >= 11 is 1.30. The number of anilines is 1. The zero-order valence-corrected chi connectivity index (χ0v) is 12.1. The molecule has 1 aromatic rings. The number of hydrogen-bond acceptors (Lipinski definition) is 3. The molecule has 2 N–H and O–H groups in total. The van der Waals surface area contributed by atoms with Crippen molar-refractivity contribution in [2.75, 3.05) is 5.32 Å². The highest BCUT2D eigenvalue weighted by Crippen LogP contribution is 2.42. The SMILES string of the molecule is CCC(C)NC(=O)C1(C)Sc2ccccc2NC1=O. The summed E-state index contributed by atoms with van der Waals surface area (Å²) in [4.78, 5) is 25.4. The van der Waals surface area contributed by atoms with Crippen molar-refractivity contribution in [2.45, 2.75) is 42.9 Å². The Bertz CT molecular complexity index is 518. The van der Waals surface area contributed by atoms with Crippen molar-refractivity contribution in [3.8, 4) is 0 Å². The average molecular weight is 278 g/mol. The van der Waals surface area contributed by atoms with Crippen LogP contribution >= 0.6 is 11.8 Å². The van der Waals surface area contributed by atoms with Crippen molar-refractivity contribution in [1.82, 2.24) is 5.32 Å². The number of carbonyl (C=O) groups excluding carboxylic acids is 2. The highest BCUT2D eigenvalue weighted by atomic mass is 32.2. The van der Waals surface area contributed by atoms with E-state index in [1.807, 2.05) is 38.1 Å². The first-order chi connectivity index (χ1) is 8.97. The lowest BCUT2D eigenvalue weighted by Crippen LogP contribution is -2.53. The molecule has 0 aromatic heterocycles. The molecule has 0 radical (unpaired) electrons. The summed E-state index contributed by atoms with van der Waals surface area (Å²) in [5, 5.41) is 5.68. The third-order valence-electron chi connectivity index (χ3n) is 3.31. The predicted molar refractivity (Wildman–Crippen MR) is 77.2 cm³/mol. The Kier molecular flexibility index (Phi) is 3.85. The first-order valence-electron chi connectivity index (χ1n) is 6.38. The summed E-state index contributed by atoms with van der Waals surface area (Å²) in [5.74, 6) is -0.504. The number of amides is 2. The molecular formula is C14H18N2O2S. The van der Waals surface area contributed by atoms with Gasteiger partial charge in [-0.3, -0.25) is 9.59 Å². The molecule has 1 aliphatic rings. The van der Waals surface area contributed by atoms with Gasteiger partial charge in [-0.1, -0.05) is 30.8 Å². The van der Waals surface area contributed by atoms with Crippen LogP contribution in [-0.4, -0.2) is 22.6 Å². The average Bonchev–Trinajstić information content (AvgIpc) is 2.39. The van der Waals surface area contributed by atoms with Crippen molar-refractivity contribution in [3.63, 3.8) is 0 Å². The molecule has 5 heteroatoms. The molecule has 1 aliphatic heterocycles. The van der Waals surface area contributed by atoms with Gasteiger partial charge in [0, 0.05) is 10.9 Å². The zero-order chi connectivity index (χ0) is 14.0. The first kappa shape index (κ1) is 13.9. The summed E-state index contributed by atoms with van der Waals surface area (Å²) in [6.07, 6.45) is 0.838. The van der Waals surface area contributed by atoms with Crippen LogP contribution in [0, 0.1) is 0 Å². The van der Waals surface area contributed by atoms with Gasteiger partial charge in [0.2, 0.25) is 11.8 Å². The number of fused-ring (bicyclic) bond motifs is 1. The van der Waals surface area contributed by atoms with E-state index in [0.29, 0.717) is 0 Å². The van der Waals surface area contributed by atoms with E-state index in [9.17, 15) is 9.59 Å². The molecule has 2 unspecified atom stereocenters. The Morgan fingerprint density at radius 3 is 2.84 bits per heavy atom. The second-order valence-corrected chi connectivity index (χ2v) is 6.33. The van der Waals surface area contributed by atoms with E-state index in [0.717, 1.165) is 17.0 Å². The third-order valence-corrected chi connectivity index (χ3v) is 4.66. The lowest BCUT2D eigenvalue weighted by molar-refractivity contribution is -0.130. The Labute approximate surface area is 117 Å². The van der Waals surface area contributed by atoms with Gasteiger partial charge in [0.1, 0.15) is 0 Å². The Morgan fingerprint density at radius 1 is 1.47 bits per heavy atom. The number of para-hydroxylation sites is 1. The van der Waals surface area contributed by atoms with Gasteiger partial charge < -0.3 is 10.6 Å². The van der Waals surface area contributed by atoms with E-state index in [2.05, 4.69) is 10.6 Å². The second-order valence-electron chi connectivity index (χ2n) is 4.87. The molecule has 2 amide bonds. The van der Waals surface area contributed by atoms with Crippen molar-refractivity contribution >= 4 is 29.3 Å². The molecule has 2 rings (SSSR count). The molecule has 0 spiro atoms. The number of benzene rings is 1. The van der Waals surface area contributed by atoms with Crippen LogP contribution in [0.15, 0.2) is 29.2 Å². The minimum atomic E-state index is -1.11. The molecule has 19 heavy (non-hydrogen) atoms. The van der Waals surface area contributed by atoms with Crippen LogP contribution in [-0.2, 0) is 9.59 Å². The van der Waals surface area contributed by atoms with Crippen LogP contribution in [0.25, 0.3) is 0 Å². The Morgan fingerprint density at radius 2 is 2.16 bits per heavy atom. The standard InChI is InChI=1S/C14H18N2O2S/c1-4-9(2)15-12(17)14(3)13(18)16-10-7-5-6-8-11(10)19-14/h5-9H,4H2,1-3H3,(H,15,17)(H,16,18). The highest BCUT2D eigenvalue weighted by molar-refractivity contribution is 8.02. The summed E-state index contributed by atoms with van der Waals surface area (Å²) in [6.45, 7) is 5.60. The number of hydrogen-bond donors (Lipinski definition) is 2. The lowest BCUT2D eigenvalue weighted by Gasteiger charge is -2.32. The molecular weight excluding hydrogens is 260 g/mol. The van der Waals surface area contributed by atoms with Crippen LogP contribution in [0.1, 0.15) is 27.2 Å².